The van der Waals surface area contributed by atoms with E-state index in [1.54, 1.807) is 0 Å². The highest BCUT2D eigenvalue weighted by Gasteiger charge is 2.13. The molecule has 0 unspecified atom stereocenters. The molecule has 0 amide bonds. The number of halogens is 1. The van der Waals surface area contributed by atoms with E-state index in [0.717, 1.165) is 46.6 Å². The first-order valence-corrected chi connectivity index (χ1v) is 7.83. The van der Waals surface area contributed by atoms with Crippen LogP contribution in [0.15, 0.2) is 22.7 Å². The van der Waals surface area contributed by atoms with Gasteiger partial charge in [-0.1, -0.05) is 13.0 Å². The fourth-order valence-electron chi connectivity index (χ4n) is 2.24. The molecule has 1 aromatic carbocycles. The maximum Gasteiger partial charge on any atom is 0.101 e. The van der Waals surface area contributed by atoms with Crippen LogP contribution in [0.3, 0.4) is 0 Å². The van der Waals surface area contributed by atoms with Crippen LogP contribution in [-0.4, -0.2) is 16.3 Å². The van der Waals surface area contributed by atoms with Crippen molar-refractivity contribution in [3.8, 4) is 11.8 Å². The zero-order valence-electron chi connectivity index (χ0n) is 12.6. The fraction of sp³-hybridized carbons (Fsp3) is 0.375. The molecular formula is C16H19BrN4. The van der Waals surface area contributed by atoms with E-state index in [0.29, 0.717) is 5.56 Å². The van der Waals surface area contributed by atoms with E-state index in [1.165, 1.54) is 0 Å². The summed E-state index contributed by atoms with van der Waals surface area (Å²) in [5.41, 5.74) is 4.50. The highest BCUT2D eigenvalue weighted by molar-refractivity contribution is 9.10. The first-order valence-electron chi connectivity index (χ1n) is 7.04. The SMILES string of the molecule is CCCNCc1ccc(-n2nc(C)c(Br)c2C)c(C#N)c1. The second-order valence-corrected chi connectivity index (χ2v) is 5.83. The molecule has 0 saturated heterocycles. The van der Waals surface area contributed by atoms with Gasteiger partial charge in [-0.25, -0.2) is 4.68 Å². The third-order valence-electron chi connectivity index (χ3n) is 3.37. The van der Waals surface area contributed by atoms with Gasteiger partial charge in [0.25, 0.3) is 0 Å². The minimum atomic E-state index is 0.642. The van der Waals surface area contributed by atoms with Crippen LogP contribution in [0.4, 0.5) is 0 Å². The van der Waals surface area contributed by atoms with Crippen LogP contribution >= 0.6 is 15.9 Å². The molecule has 5 heteroatoms. The van der Waals surface area contributed by atoms with Gasteiger partial charge in [0.1, 0.15) is 6.07 Å². The highest BCUT2D eigenvalue weighted by atomic mass is 79.9. The summed E-state index contributed by atoms with van der Waals surface area (Å²) >= 11 is 3.52. The standard InChI is InChI=1S/C16H19BrN4/c1-4-7-19-10-13-5-6-15(14(8-13)9-18)21-12(3)16(17)11(2)20-21/h5-6,8,19H,4,7,10H2,1-3H3. The van der Waals surface area contributed by atoms with E-state index < -0.39 is 0 Å². The highest BCUT2D eigenvalue weighted by Crippen LogP contribution is 2.25. The molecule has 4 nitrogen and oxygen atoms in total. The van der Waals surface area contributed by atoms with E-state index in [4.69, 9.17) is 0 Å². The fourth-order valence-corrected chi connectivity index (χ4v) is 2.48. The molecule has 0 radical (unpaired) electrons. The van der Waals surface area contributed by atoms with Crippen molar-refractivity contribution in [3.63, 3.8) is 0 Å². The predicted molar refractivity (Wildman–Crippen MR) is 87.5 cm³/mol. The van der Waals surface area contributed by atoms with Gasteiger partial charge < -0.3 is 5.32 Å². The van der Waals surface area contributed by atoms with Crippen LogP contribution in [0.1, 0.15) is 35.9 Å². The summed E-state index contributed by atoms with van der Waals surface area (Å²) in [5, 5.41) is 17.3. The molecule has 0 spiro atoms. The predicted octanol–water partition coefficient (Wildman–Crippen LogP) is 3.62. The molecule has 0 aliphatic heterocycles. The number of hydrogen-bond donors (Lipinski definition) is 1. The quantitative estimate of drug-likeness (QED) is 0.841. The van der Waals surface area contributed by atoms with E-state index in [2.05, 4.69) is 39.3 Å². The largest absolute Gasteiger partial charge is 0.313 e. The minimum absolute atomic E-state index is 0.642. The molecule has 0 aliphatic rings. The Balaban J connectivity index is 2.37. The molecule has 0 fully saturated rings. The number of benzene rings is 1. The first-order chi connectivity index (χ1) is 10.1. The smallest absolute Gasteiger partial charge is 0.101 e. The van der Waals surface area contributed by atoms with Gasteiger partial charge in [0.05, 0.1) is 27.1 Å². The van der Waals surface area contributed by atoms with Crippen molar-refractivity contribution >= 4 is 15.9 Å². The maximum absolute atomic E-state index is 9.42. The number of aryl methyl sites for hydroxylation is 1. The summed E-state index contributed by atoms with van der Waals surface area (Å²) in [4.78, 5) is 0. The first kappa shape index (κ1) is 15.7. The molecule has 110 valence electrons. The molecular weight excluding hydrogens is 328 g/mol. The van der Waals surface area contributed by atoms with Crippen LogP contribution in [0.5, 0.6) is 0 Å². The van der Waals surface area contributed by atoms with Crippen LogP contribution in [0, 0.1) is 25.2 Å². The van der Waals surface area contributed by atoms with Gasteiger partial charge in [-0.15, -0.1) is 0 Å². The van der Waals surface area contributed by atoms with Crippen molar-refractivity contribution < 1.29 is 0 Å². The summed E-state index contributed by atoms with van der Waals surface area (Å²) in [7, 11) is 0. The van der Waals surface area contributed by atoms with Gasteiger partial charge in [0.2, 0.25) is 0 Å². The van der Waals surface area contributed by atoms with Gasteiger partial charge in [-0.2, -0.15) is 10.4 Å². The Morgan fingerprint density at radius 3 is 2.71 bits per heavy atom. The molecule has 1 N–H and O–H groups in total. The molecule has 21 heavy (non-hydrogen) atoms. The average Bonchev–Trinajstić information content (AvgIpc) is 2.75. The van der Waals surface area contributed by atoms with Gasteiger partial charge in [-0.05, 0) is 60.4 Å². The number of hydrogen-bond acceptors (Lipinski definition) is 3. The van der Waals surface area contributed by atoms with E-state index >= 15 is 0 Å². The van der Waals surface area contributed by atoms with Gasteiger partial charge in [0.15, 0.2) is 0 Å². The summed E-state index contributed by atoms with van der Waals surface area (Å²) in [6, 6.07) is 8.22. The second kappa shape index (κ2) is 6.88. The Bertz CT molecular complexity index is 682. The molecule has 2 aromatic rings. The minimum Gasteiger partial charge on any atom is -0.313 e. The Hall–Kier alpha value is -1.64. The average molecular weight is 347 g/mol. The monoisotopic (exact) mass is 346 g/mol. The lowest BCUT2D eigenvalue weighted by Crippen LogP contribution is -2.14. The summed E-state index contributed by atoms with van der Waals surface area (Å²) in [6.07, 6.45) is 1.10. The molecule has 2 rings (SSSR count). The van der Waals surface area contributed by atoms with Crippen LogP contribution in [0.25, 0.3) is 5.69 Å². The molecule has 0 saturated carbocycles. The number of nitriles is 1. The summed E-state index contributed by atoms with van der Waals surface area (Å²) in [5.74, 6) is 0. The lowest BCUT2D eigenvalue weighted by Gasteiger charge is -2.09. The molecule has 0 atom stereocenters. The van der Waals surface area contributed by atoms with Gasteiger partial charge >= 0.3 is 0 Å². The molecule has 1 heterocycles. The molecule has 1 aromatic heterocycles. The van der Waals surface area contributed by atoms with Crippen molar-refractivity contribution in [2.45, 2.75) is 33.7 Å². The Kier molecular flexibility index (Phi) is 5.16. The zero-order valence-corrected chi connectivity index (χ0v) is 14.2. The Morgan fingerprint density at radius 1 is 1.38 bits per heavy atom. The van der Waals surface area contributed by atoms with Crippen LogP contribution in [0.2, 0.25) is 0 Å². The number of nitrogens with zero attached hydrogens (tertiary/aromatic N) is 3. The van der Waals surface area contributed by atoms with Crippen LogP contribution in [-0.2, 0) is 6.54 Å². The number of rotatable bonds is 5. The lowest BCUT2D eigenvalue weighted by molar-refractivity contribution is 0.675. The third kappa shape index (κ3) is 3.34. The van der Waals surface area contributed by atoms with E-state index in [9.17, 15) is 5.26 Å². The van der Waals surface area contributed by atoms with Crippen molar-refractivity contribution in [2.24, 2.45) is 0 Å². The van der Waals surface area contributed by atoms with E-state index in [1.807, 2.05) is 36.7 Å². The second-order valence-electron chi connectivity index (χ2n) is 5.04. The van der Waals surface area contributed by atoms with Crippen molar-refractivity contribution in [3.05, 3.63) is 45.2 Å². The number of aromatic nitrogens is 2. The normalized spacial score (nSPS) is 10.6. The lowest BCUT2D eigenvalue weighted by atomic mass is 10.1. The van der Waals surface area contributed by atoms with Crippen LogP contribution < -0.4 is 5.32 Å². The van der Waals surface area contributed by atoms with Gasteiger partial charge in [0, 0.05) is 6.54 Å². The van der Waals surface area contributed by atoms with Gasteiger partial charge in [-0.3, -0.25) is 0 Å². The Morgan fingerprint density at radius 2 is 2.14 bits per heavy atom. The summed E-state index contributed by atoms with van der Waals surface area (Å²) in [6.45, 7) is 7.83. The Labute approximate surface area is 133 Å². The van der Waals surface area contributed by atoms with Crippen molar-refractivity contribution in [2.75, 3.05) is 6.54 Å². The molecule has 0 bridgehead atoms. The maximum atomic E-state index is 9.42. The summed E-state index contributed by atoms with van der Waals surface area (Å²) < 4.78 is 2.81. The third-order valence-corrected chi connectivity index (χ3v) is 4.52. The van der Waals surface area contributed by atoms with E-state index in [-0.39, 0.29) is 0 Å². The molecule has 0 aliphatic carbocycles. The topological polar surface area (TPSA) is 53.6 Å². The zero-order chi connectivity index (χ0) is 15.4. The van der Waals surface area contributed by atoms with Crippen molar-refractivity contribution in [1.29, 1.82) is 5.26 Å². The van der Waals surface area contributed by atoms with Crippen molar-refractivity contribution in [1.82, 2.24) is 15.1 Å². The number of nitrogens with one attached hydrogen (secondary N) is 1.